The van der Waals surface area contributed by atoms with Gasteiger partial charge in [-0.2, -0.15) is 0 Å². The van der Waals surface area contributed by atoms with Crippen molar-refractivity contribution in [3.8, 4) is 0 Å². The topological polar surface area (TPSA) is 79.3 Å². The van der Waals surface area contributed by atoms with Gasteiger partial charge in [-0.25, -0.2) is 0 Å². The molecule has 0 aliphatic carbocycles. The first-order valence-electron chi connectivity index (χ1n) is 5.98. The van der Waals surface area contributed by atoms with E-state index in [2.05, 4.69) is 10.3 Å². The Morgan fingerprint density at radius 2 is 2.11 bits per heavy atom. The van der Waals surface area contributed by atoms with E-state index < -0.39 is 5.97 Å². The van der Waals surface area contributed by atoms with Gasteiger partial charge in [0.15, 0.2) is 0 Å². The highest BCUT2D eigenvalue weighted by Crippen LogP contribution is 2.00. The van der Waals surface area contributed by atoms with Gasteiger partial charge in [-0.3, -0.25) is 14.6 Å². The second-order valence-corrected chi connectivity index (χ2v) is 4.19. The van der Waals surface area contributed by atoms with E-state index in [0.717, 1.165) is 11.3 Å². The van der Waals surface area contributed by atoms with Crippen LogP contribution in [0.4, 0.5) is 0 Å². The van der Waals surface area contributed by atoms with Crippen LogP contribution in [0.1, 0.15) is 30.5 Å². The van der Waals surface area contributed by atoms with E-state index in [0.29, 0.717) is 25.8 Å². The number of nitrogens with one attached hydrogen (secondary N) is 1. The first kappa shape index (κ1) is 14.2. The molecule has 18 heavy (non-hydrogen) atoms. The molecule has 0 bridgehead atoms. The molecule has 0 aliphatic rings. The maximum absolute atomic E-state index is 11.5. The third-order valence-corrected chi connectivity index (χ3v) is 2.48. The van der Waals surface area contributed by atoms with E-state index in [9.17, 15) is 9.59 Å². The average Bonchev–Trinajstić information content (AvgIpc) is 2.31. The summed E-state index contributed by atoms with van der Waals surface area (Å²) in [6.45, 7) is 2.41. The van der Waals surface area contributed by atoms with E-state index >= 15 is 0 Å². The van der Waals surface area contributed by atoms with E-state index in [1.807, 2.05) is 19.1 Å². The van der Waals surface area contributed by atoms with Crippen molar-refractivity contribution in [1.82, 2.24) is 10.3 Å². The number of carbonyl (C=O) groups excluding carboxylic acids is 1. The van der Waals surface area contributed by atoms with Gasteiger partial charge in [0.1, 0.15) is 0 Å². The van der Waals surface area contributed by atoms with Crippen LogP contribution in [-0.2, 0) is 16.0 Å². The Morgan fingerprint density at radius 1 is 1.33 bits per heavy atom. The van der Waals surface area contributed by atoms with Crippen molar-refractivity contribution in [1.29, 1.82) is 0 Å². The average molecular weight is 250 g/mol. The number of amides is 1. The van der Waals surface area contributed by atoms with Gasteiger partial charge >= 0.3 is 5.97 Å². The number of carboxylic acid groups (broad SMARTS) is 1. The van der Waals surface area contributed by atoms with Gasteiger partial charge in [0.2, 0.25) is 5.91 Å². The Balaban J connectivity index is 2.17. The lowest BCUT2D eigenvalue weighted by atomic mass is 10.2. The maximum atomic E-state index is 11.5. The third kappa shape index (κ3) is 5.98. The number of aliphatic carboxylic acids is 1. The van der Waals surface area contributed by atoms with Crippen molar-refractivity contribution >= 4 is 11.9 Å². The number of nitrogens with zero attached hydrogens (tertiary/aromatic N) is 1. The van der Waals surface area contributed by atoms with E-state index in [1.54, 1.807) is 6.20 Å². The molecule has 0 aliphatic heterocycles. The number of aromatic nitrogens is 1. The Bertz CT molecular complexity index is 401. The van der Waals surface area contributed by atoms with Crippen LogP contribution < -0.4 is 5.32 Å². The molecule has 0 saturated carbocycles. The molecule has 5 nitrogen and oxygen atoms in total. The zero-order valence-corrected chi connectivity index (χ0v) is 10.5. The summed E-state index contributed by atoms with van der Waals surface area (Å²) in [6, 6.07) is 3.75. The highest BCUT2D eigenvalue weighted by Gasteiger charge is 2.03. The van der Waals surface area contributed by atoms with Crippen LogP contribution in [0.15, 0.2) is 18.3 Å². The summed E-state index contributed by atoms with van der Waals surface area (Å²) < 4.78 is 0. The van der Waals surface area contributed by atoms with E-state index in [4.69, 9.17) is 5.11 Å². The van der Waals surface area contributed by atoms with Crippen molar-refractivity contribution in [2.45, 2.75) is 32.6 Å². The highest BCUT2D eigenvalue weighted by molar-refractivity contribution is 5.78. The molecule has 0 aromatic carbocycles. The minimum Gasteiger partial charge on any atom is -0.481 e. The first-order chi connectivity index (χ1) is 8.58. The minimum atomic E-state index is -0.799. The summed E-state index contributed by atoms with van der Waals surface area (Å²) in [4.78, 5) is 25.9. The fourth-order valence-corrected chi connectivity index (χ4v) is 1.48. The van der Waals surface area contributed by atoms with E-state index in [-0.39, 0.29) is 12.3 Å². The standard InChI is InChI=1S/C13H18N2O3/c1-10-5-6-11(9-15-10)8-12(16)14-7-3-2-4-13(17)18/h5-6,9H,2-4,7-8H2,1H3,(H,14,16)(H,17,18). The normalized spacial score (nSPS) is 10.1. The smallest absolute Gasteiger partial charge is 0.303 e. The Morgan fingerprint density at radius 3 is 2.72 bits per heavy atom. The molecule has 0 unspecified atom stereocenters. The lowest BCUT2D eigenvalue weighted by Crippen LogP contribution is -2.26. The summed E-state index contributed by atoms with van der Waals surface area (Å²) >= 11 is 0. The number of unbranched alkanes of at least 4 members (excludes halogenated alkanes) is 1. The van der Waals surface area contributed by atoms with Gasteiger partial charge in [0.05, 0.1) is 6.42 Å². The lowest BCUT2D eigenvalue weighted by molar-refractivity contribution is -0.137. The molecule has 1 rings (SSSR count). The fraction of sp³-hybridized carbons (Fsp3) is 0.462. The first-order valence-corrected chi connectivity index (χ1v) is 5.98. The molecular weight excluding hydrogens is 232 g/mol. The van der Waals surface area contributed by atoms with Gasteiger partial charge in [-0.1, -0.05) is 6.07 Å². The molecule has 0 atom stereocenters. The molecule has 0 spiro atoms. The predicted octanol–water partition coefficient (Wildman–Crippen LogP) is 1.30. The maximum Gasteiger partial charge on any atom is 0.303 e. The number of carbonyl (C=O) groups is 2. The molecular formula is C13H18N2O3. The van der Waals surface area contributed by atoms with Crippen LogP contribution in [0.25, 0.3) is 0 Å². The van der Waals surface area contributed by atoms with Gasteiger partial charge in [-0.05, 0) is 31.4 Å². The lowest BCUT2D eigenvalue weighted by Gasteiger charge is -2.04. The molecule has 1 aromatic heterocycles. The molecule has 1 amide bonds. The second kappa shape index (κ2) is 7.42. The zero-order chi connectivity index (χ0) is 13.4. The van der Waals surface area contributed by atoms with Crippen LogP contribution in [0.5, 0.6) is 0 Å². The number of pyridine rings is 1. The number of carboxylic acids is 1. The summed E-state index contributed by atoms with van der Waals surface area (Å²) in [7, 11) is 0. The van der Waals surface area contributed by atoms with Crippen LogP contribution in [-0.4, -0.2) is 28.5 Å². The number of rotatable bonds is 7. The monoisotopic (exact) mass is 250 g/mol. The molecule has 1 aromatic rings. The van der Waals surface area contributed by atoms with Crippen LogP contribution in [0.2, 0.25) is 0 Å². The van der Waals surface area contributed by atoms with Crippen molar-refractivity contribution in [3.63, 3.8) is 0 Å². The molecule has 2 N–H and O–H groups in total. The van der Waals surface area contributed by atoms with Crippen molar-refractivity contribution in [2.75, 3.05) is 6.54 Å². The molecule has 1 heterocycles. The highest BCUT2D eigenvalue weighted by atomic mass is 16.4. The van der Waals surface area contributed by atoms with Gasteiger partial charge in [0.25, 0.3) is 0 Å². The van der Waals surface area contributed by atoms with Crippen molar-refractivity contribution in [2.24, 2.45) is 0 Å². The number of hydrogen-bond acceptors (Lipinski definition) is 3. The van der Waals surface area contributed by atoms with E-state index in [1.165, 1.54) is 0 Å². The van der Waals surface area contributed by atoms with Gasteiger partial charge < -0.3 is 10.4 Å². The largest absolute Gasteiger partial charge is 0.481 e. The van der Waals surface area contributed by atoms with Gasteiger partial charge in [0, 0.05) is 24.9 Å². The Hall–Kier alpha value is -1.91. The second-order valence-electron chi connectivity index (χ2n) is 4.19. The van der Waals surface area contributed by atoms with Crippen molar-refractivity contribution in [3.05, 3.63) is 29.6 Å². The van der Waals surface area contributed by atoms with Crippen LogP contribution >= 0.6 is 0 Å². The van der Waals surface area contributed by atoms with Crippen molar-refractivity contribution < 1.29 is 14.7 Å². The Kier molecular flexibility index (Phi) is 5.84. The molecule has 0 saturated heterocycles. The summed E-state index contributed by atoms with van der Waals surface area (Å²) in [5.74, 6) is -0.858. The Labute approximate surface area is 106 Å². The van der Waals surface area contributed by atoms with Gasteiger partial charge in [-0.15, -0.1) is 0 Å². The summed E-state index contributed by atoms with van der Waals surface area (Å²) in [5, 5.41) is 11.2. The quantitative estimate of drug-likeness (QED) is 0.715. The fourth-order valence-electron chi connectivity index (χ4n) is 1.48. The predicted molar refractivity (Wildman–Crippen MR) is 67.2 cm³/mol. The number of hydrogen-bond donors (Lipinski definition) is 2. The summed E-state index contributed by atoms with van der Waals surface area (Å²) in [5.41, 5.74) is 1.80. The molecule has 0 fully saturated rings. The molecule has 98 valence electrons. The van der Waals surface area contributed by atoms with Crippen LogP contribution in [0.3, 0.4) is 0 Å². The zero-order valence-electron chi connectivity index (χ0n) is 10.5. The summed E-state index contributed by atoms with van der Waals surface area (Å²) in [6.07, 6.45) is 3.43. The number of aryl methyl sites for hydroxylation is 1. The third-order valence-electron chi connectivity index (χ3n) is 2.48. The minimum absolute atomic E-state index is 0.0593. The molecule has 5 heteroatoms. The SMILES string of the molecule is Cc1ccc(CC(=O)NCCCCC(=O)O)cn1. The van der Waals surface area contributed by atoms with Crippen LogP contribution in [0, 0.1) is 6.92 Å². The molecule has 0 radical (unpaired) electrons.